The highest BCUT2D eigenvalue weighted by molar-refractivity contribution is 9.10. The van der Waals surface area contributed by atoms with Gasteiger partial charge in [0.05, 0.1) is 6.04 Å². The van der Waals surface area contributed by atoms with Crippen molar-refractivity contribution in [1.29, 1.82) is 0 Å². The van der Waals surface area contributed by atoms with E-state index in [1.54, 1.807) is 6.20 Å². The van der Waals surface area contributed by atoms with Crippen molar-refractivity contribution in [1.82, 2.24) is 9.88 Å². The molecule has 21 heavy (non-hydrogen) atoms. The van der Waals surface area contributed by atoms with Crippen molar-refractivity contribution in [3.63, 3.8) is 0 Å². The number of anilines is 1. The van der Waals surface area contributed by atoms with Gasteiger partial charge in [-0.25, -0.2) is 9.37 Å². The number of hydrogen-bond donors (Lipinski definition) is 0. The molecule has 0 aliphatic carbocycles. The van der Waals surface area contributed by atoms with Crippen LogP contribution in [0.2, 0.25) is 0 Å². The van der Waals surface area contributed by atoms with E-state index >= 15 is 0 Å². The monoisotopic (exact) mass is 349 g/mol. The van der Waals surface area contributed by atoms with E-state index in [-0.39, 0.29) is 11.9 Å². The number of pyridine rings is 1. The van der Waals surface area contributed by atoms with Gasteiger partial charge in [-0.1, -0.05) is 30.3 Å². The lowest BCUT2D eigenvalue weighted by Crippen LogP contribution is -2.47. The second kappa shape index (κ2) is 6.12. The lowest BCUT2D eigenvalue weighted by molar-refractivity contribution is 0.267. The summed E-state index contributed by atoms with van der Waals surface area (Å²) < 4.78 is 14.9. The minimum absolute atomic E-state index is 0.119. The molecule has 0 bridgehead atoms. The molecule has 1 aromatic carbocycles. The summed E-state index contributed by atoms with van der Waals surface area (Å²) >= 11 is 3.26. The third kappa shape index (κ3) is 3.09. The van der Waals surface area contributed by atoms with E-state index in [1.807, 2.05) is 18.2 Å². The molecular formula is C16H17BrFN3. The Morgan fingerprint density at radius 2 is 2.00 bits per heavy atom. The van der Waals surface area contributed by atoms with Gasteiger partial charge in [0.15, 0.2) is 11.6 Å². The number of hydrogen-bond acceptors (Lipinski definition) is 3. The maximum atomic E-state index is 14.3. The van der Waals surface area contributed by atoms with Crippen LogP contribution < -0.4 is 4.90 Å². The molecule has 5 heteroatoms. The first kappa shape index (κ1) is 14.5. The highest BCUT2D eigenvalue weighted by Crippen LogP contribution is 2.31. The van der Waals surface area contributed by atoms with Gasteiger partial charge in [-0.15, -0.1) is 0 Å². The number of piperazine rings is 1. The fourth-order valence-corrected chi connectivity index (χ4v) is 3.06. The van der Waals surface area contributed by atoms with E-state index in [1.165, 1.54) is 11.6 Å². The molecule has 0 N–H and O–H groups in total. The van der Waals surface area contributed by atoms with Crippen molar-refractivity contribution < 1.29 is 4.39 Å². The topological polar surface area (TPSA) is 19.4 Å². The summed E-state index contributed by atoms with van der Waals surface area (Å²) in [5.41, 5.74) is 1.19. The van der Waals surface area contributed by atoms with Crippen molar-refractivity contribution in [3.05, 3.63) is 58.4 Å². The molecule has 3 nitrogen and oxygen atoms in total. The van der Waals surface area contributed by atoms with Crippen LogP contribution in [0.4, 0.5) is 10.2 Å². The Morgan fingerprint density at radius 1 is 1.24 bits per heavy atom. The van der Waals surface area contributed by atoms with Crippen LogP contribution in [0, 0.1) is 5.82 Å². The molecule has 1 unspecified atom stereocenters. The summed E-state index contributed by atoms with van der Waals surface area (Å²) in [6.45, 7) is 2.53. The van der Waals surface area contributed by atoms with Crippen molar-refractivity contribution >= 4 is 21.7 Å². The maximum absolute atomic E-state index is 14.3. The molecule has 1 aliphatic rings. The zero-order chi connectivity index (χ0) is 14.8. The van der Waals surface area contributed by atoms with E-state index in [0.29, 0.717) is 10.3 Å². The zero-order valence-corrected chi connectivity index (χ0v) is 13.4. The standard InChI is InChI=1S/C16H17BrFN3/c1-20-7-8-21(16-14(18)9-13(17)10-19-16)15(11-20)12-5-3-2-4-6-12/h2-6,9-10,15H,7-8,11H2,1H3. The number of aromatic nitrogens is 1. The summed E-state index contributed by atoms with van der Waals surface area (Å²) in [7, 11) is 2.10. The van der Waals surface area contributed by atoms with Crippen molar-refractivity contribution in [2.24, 2.45) is 0 Å². The number of likely N-dealkylation sites (N-methyl/N-ethyl adjacent to an activating group) is 1. The highest BCUT2D eigenvalue weighted by Gasteiger charge is 2.29. The summed E-state index contributed by atoms with van der Waals surface area (Å²) in [5, 5.41) is 0. The first-order valence-corrected chi connectivity index (χ1v) is 7.75. The quantitative estimate of drug-likeness (QED) is 0.827. The van der Waals surface area contributed by atoms with Crippen molar-refractivity contribution in [2.75, 3.05) is 31.6 Å². The average Bonchev–Trinajstić information content (AvgIpc) is 2.49. The Morgan fingerprint density at radius 3 is 2.71 bits per heavy atom. The van der Waals surface area contributed by atoms with Crippen LogP contribution in [0.15, 0.2) is 47.1 Å². The summed E-state index contributed by atoms with van der Waals surface area (Å²) in [6, 6.07) is 11.8. The molecule has 110 valence electrons. The molecule has 1 fully saturated rings. The molecule has 1 aliphatic heterocycles. The van der Waals surface area contributed by atoms with E-state index in [2.05, 4.69) is 49.9 Å². The Balaban J connectivity index is 1.98. The van der Waals surface area contributed by atoms with E-state index in [0.717, 1.165) is 19.6 Å². The molecule has 1 saturated heterocycles. The second-order valence-electron chi connectivity index (χ2n) is 5.34. The predicted octanol–water partition coefficient (Wildman–Crippen LogP) is 3.48. The van der Waals surface area contributed by atoms with E-state index in [9.17, 15) is 4.39 Å². The maximum Gasteiger partial charge on any atom is 0.166 e. The Labute approximate surface area is 132 Å². The van der Waals surface area contributed by atoms with E-state index < -0.39 is 0 Å². The number of rotatable bonds is 2. The Bertz CT molecular complexity index is 620. The van der Waals surface area contributed by atoms with Crippen LogP contribution in [-0.4, -0.2) is 36.6 Å². The molecule has 2 aromatic rings. The van der Waals surface area contributed by atoms with Gasteiger partial charge < -0.3 is 9.80 Å². The predicted molar refractivity (Wildman–Crippen MR) is 85.9 cm³/mol. The molecule has 1 aromatic heterocycles. The molecule has 2 heterocycles. The molecule has 0 saturated carbocycles. The third-order valence-electron chi connectivity index (χ3n) is 3.83. The third-order valence-corrected chi connectivity index (χ3v) is 4.26. The van der Waals surface area contributed by atoms with Crippen LogP contribution in [0.3, 0.4) is 0 Å². The summed E-state index contributed by atoms with van der Waals surface area (Å²) in [6.07, 6.45) is 1.65. The summed E-state index contributed by atoms with van der Waals surface area (Å²) in [4.78, 5) is 8.62. The fraction of sp³-hybridized carbons (Fsp3) is 0.312. The molecule has 3 rings (SSSR count). The van der Waals surface area contributed by atoms with Gasteiger partial charge in [0.1, 0.15) is 0 Å². The van der Waals surface area contributed by atoms with Gasteiger partial charge in [0, 0.05) is 30.3 Å². The van der Waals surface area contributed by atoms with Crippen LogP contribution in [0.25, 0.3) is 0 Å². The molecule has 1 atom stereocenters. The normalized spacial score (nSPS) is 19.8. The smallest absolute Gasteiger partial charge is 0.166 e. The lowest BCUT2D eigenvalue weighted by Gasteiger charge is -2.41. The highest BCUT2D eigenvalue weighted by atomic mass is 79.9. The van der Waals surface area contributed by atoms with Crippen LogP contribution in [-0.2, 0) is 0 Å². The van der Waals surface area contributed by atoms with Crippen LogP contribution in [0.5, 0.6) is 0 Å². The molecular weight excluding hydrogens is 333 g/mol. The first-order valence-electron chi connectivity index (χ1n) is 6.96. The van der Waals surface area contributed by atoms with Gasteiger partial charge in [0.2, 0.25) is 0 Å². The minimum atomic E-state index is -0.283. The van der Waals surface area contributed by atoms with Crippen LogP contribution in [0.1, 0.15) is 11.6 Å². The van der Waals surface area contributed by atoms with Gasteiger partial charge in [-0.3, -0.25) is 0 Å². The number of nitrogens with zero attached hydrogens (tertiary/aromatic N) is 3. The van der Waals surface area contributed by atoms with Gasteiger partial charge in [0.25, 0.3) is 0 Å². The zero-order valence-electron chi connectivity index (χ0n) is 11.8. The van der Waals surface area contributed by atoms with Gasteiger partial charge >= 0.3 is 0 Å². The average molecular weight is 350 g/mol. The largest absolute Gasteiger partial charge is 0.345 e. The van der Waals surface area contributed by atoms with Crippen molar-refractivity contribution in [3.8, 4) is 0 Å². The first-order chi connectivity index (χ1) is 10.1. The second-order valence-corrected chi connectivity index (χ2v) is 6.26. The van der Waals surface area contributed by atoms with E-state index in [4.69, 9.17) is 0 Å². The molecule has 0 spiro atoms. The Kier molecular flexibility index (Phi) is 4.22. The lowest BCUT2D eigenvalue weighted by atomic mass is 10.0. The SMILES string of the molecule is CN1CCN(c2ncc(Br)cc2F)C(c2ccccc2)C1. The van der Waals surface area contributed by atoms with Gasteiger partial charge in [-0.05, 0) is 34.6 Å². The van der Waals surface area contributed by atoms with Crippen molar-refractivity contribution in [2.45, 2.75) is 6.04 Å². The minimum Gasteiger partial charge on any atom is -0.345 e. The Hall–Kier alpha value is -1.46. The molecule has 0 radical (unpaired) electrons. The molecule has 0 amide bonds. The fourth-order valence-electron chi connectivity index (χ4n) is 2.75. The van der Waals surface area contributed by atoms with Crippen LogP contribution >= 0.6 is 15.9 Å². The number of halogens is 2. The summed E-state index contributed by atoms with van der Waals surface area (Å²) in [5.74, 6) is 0.148. The van der Waals surface area contributed by atoms with Gasteiger partial charge in [-0.2, -0.15) is 0 Å². The number of benzene rings is 1.